The summed E-state index contributed by atoms with van der Waals surface area (Å²) in [6, 6.07) is 0. The van der Waals surface area contributed by atoms with Crippen molar-refractivity contribution in [3.8, 4) is 0 Å². The van der Waals surface area contributed by atoms with Crippen LogP contribution in [0.1, 0.15) is 39.0 Å². The molecule has 2 heteroatoms. The summed E-state index contributed by atoms with van der Waals surface area (Å²) in [6.45, 7) is 1.87. The van der Waals surface area contributed by atoms with Crippen LogP contribution in [0.3, 0.4) is 0 Å². The summed E-state index contributed by atoms with van der Waals surface area (Å²) >= 11 is 0. The molecule has 1 spiro atoms. The van der Waals surface area contributed by atoms with Crippen molar-refractivity contribution in [1.29, 1.82) is 0 Å². The van der Waals surface area contributed by atoms with Gasteiger partial charge in [-0.3, -0.25) is 4.79 Å². The Bertz CT molecular complexity index is 206. The molecule has 2 fully saturated rings. The summed E-state index contributed by atoms with van der Waals surface area (Å²) in [7, 11) is 0. The molecule has 0 aromatic heterocycles. The Kier molecular flexibility index (Phi) is 1.67. The topological polar surface area (TPSA) is 37.3 Å². The molecule has 0 aromatic rings. The lowest BCUT2D eigenvalue weighted by molar-refractivity contribution is -0.143. The third-order valence-electron chi connectivity index (χ3n) is 3.86. The average molecular weight is 168 g/mol. The molecule has 0 heterocycles. The molecule has 0 amide bonds. The Morgan fingerprint density at radius 2 is 2.17 bits per heavy atom. The fraction of sp³-hybridized carbons (Fsp3) is 0.900. The molecule has 12 heavy (non-hydrogen) atoms. The Hall–Kier alpha value is -0.530. The molecule has 2 saturated carbocycles. The first-order valence-corrected chi connectivity index (χ1v) is 4.88. The van der Waals surface area contributed by atoms with Gasteiger partial charge in [0.05, 0.1) is 5.92 Å². The second kappa shape index (κ2) is 2.48. The second-order valence-corrected chi connectivity index (χ2v) is 4.49. The van der Waals surface area contributed by atoms with E-state index in [1.165, 1.54) is 25.7 Å². The van der Waals surface area contributed by atoms with Crippen LogP contribution in [0, 0.1) is 17.3 Å². The molecule has 0 radical (unpaired) electrons. The minimum Gasteiger partial charge on any atom is -0.481 e. The van der Waals surface area contributed by atoms with Gasteiger partial charge in [-0.1, -0.05) is 13.3 Å². The summed E-state index contributed by atoms with van der Waals surface area (Å²) in [6.07, 6.45) is 6.26. The molecule has 2 aliphatic carbocycles. The van der Waals surface area contributed by atoms with E-state index in [0.29, 0.717) is 11.3 Å². The van der Waals surface area contributed by atoms with Gasteiger partial charge in [-0.15, -0.1) is 0 Å². The molecule has 1 N–H and O–H groups in total. The van der Waals surface area contributed by atoms with Gasteiger partial charge in [0.25, 0.3) is 0 Å². The van der Waals surface area contributed by atoms with Crippen LogP contribution in [0.5, 0.6) is 0 Å². The number of carboxylic acid groups (broad SMARTS) is 1. The zero-order chi connectivity index (χ0) is 8.77. The fourth-order valence-electron chi connectivity index (χ4n) is 2.90. The zero-order valence-electron chi connectivity index (χ0n) is 7.55. The molecule has 2 atom stereocenters. The molecule has 0 bridgehead atoms. The van der Waals surface area contributed by atoms with Gasteiger partial charge in [0.1, 0.15) is 0 Å². The van der Waals surface area contributed by atoms with Crippen molar-refractivity contribution in [2.75, 3.05) is 0 Å². The van der Waals surface area contributed by atoms with Crippen LogP contribution in [-0.4, -0.2) is 11.1 Å². The van der Waals surface area contributed by atoms with E-state index >= 15 is 0 Å². The lowest BCUT2D eigenvalue weighted by atomic mass is 9.82. The Balaban J connectivity index is 2.08. The Labute approximate surface area is 73.0 Å². The van der Waals surface area contributed by atoms with Gasteiger partial charge >= 0.3 is 5.97 Å². The van der Waals surface area contributed by atoms with Gasteiger partial charge in [-0.25, -0.2) is 0 Å². The molecule has 2 unspecified atom stereocenters. The minimum absolute atomic E-state index is 0.116. The highest BCUT2D eigenvalue weighted by atomic mass is 16.4. The zero-order valence-corrected chi connectivity index (χ0v) is 7.55. The summed E-state index contributed by atoms with van der Waals surface area (Å²) in [5.74, 6) is -0.238. The summed E-state index contributed by atoms with van der Waals surface area (Å²) < 4.78 is 0. The second-order valence-electron chi connectivity index (χ2n) is 4.49. The molecule has 68 valence electrons. The highest BCUT2D eigenvalue weighted by Crippen LogP contribution is 2.63. The van der Waals surface area contributed by atoms with Crippen LogP contribution < -0.4 is 0 Å². The van der Waals surface area contributed by atoms with E-state index in [9.17, 15) is 4.79 Å². The van der Waals surface area contributed by atoms with Crippen molar-refractivity contribution in [3.63, 3.8) is 0 Å². The van der Waals surface area contributed by atoms with Crippen LogP contribution in [0.4, 0.5) is 0 Å². The maximum atomic E-state index is 10.8. The van der Waals surface area contributed by atoms with Gasteiger partial charge in [0.15, 0.2) is 0 Å². The first-order valence-electron chi connectivity index (χ1n) is 4.88. The van der Waals surface area contributed by atoms with Crippen LogP contribution in [0.25, 0.3) is 0 Å². The van der Waals surface area contributed by atoms with E-state index in [4.69, 9.17) is 5.11 Å². The van der Waals surface area contributed by atoms with E-state index < -0.39 is 5.97 Å². The van der Waals surface area contributed by atoms with Crippen molar-refractivity contribution >= 4 is 5.97 Å². The van der Waals surface area contributed by atoms with Crippen molar-refractivity contribution in [2.24, 2.45) is 17.3 Å². The highest BCUT2D eigenvalue weighted by molar-refractivity contribution is 5.70. The Morgan fingerprint density at radius 3 is 2.67 bits per heavy atom. The quantitative estimate of drug-likeness (QED) is 0.686. The van der Waals surface area contributed by atoms with E-state index in [0.717, 1.165) is 6.42 Å². The van der Waals surface area contributed by atoms with Gasteiger partial charge in [-0.2, -0.15) is 0 Å². The molecule has 2 aliphatic rings. The molecule has 0 aliphatic heterocycles. The molecule has 0 aromatic carbocycles. The van der Waals surface area contributed by atoms with E-state index in [1.54, 1.807) is 0 Å². The van der Waals surface area contributed by atoms with Gasteiger partial charge in [0, 0.05) is 0 Å². The smallest absolute Gasteiger partial charge is 0.306 e. The predicted octanol–water partition coefficient (Wildman–Crippen LogP) is 2.29. The van der Waals surface area contributed by atoms with Gasteiger partial charge in [0.2, 0.25) is 0 Å². The maximum Gasteiger partial charge on any atom is 0.306 e. The SMILES string of the molecule is CC(C(=O)O)C1CCCC12CC2. The van der Waals surface area contributed by atoms with Gasteiger partial charge < -0.3 is 5.11 Å². The first kappa shape index (κ1) is 8.09. The summed E-state index contributed by atoms with van der Waals surface area (Å²) in [5.41, 5.74) is 0.484. The standard InChI is InChI=1S/C10H16O2/c1-7(9(11)12)8-3-2-4-10(8)5-6-10/h7-8H,2-6H2,1H3,(H,11,12). The normalized spacial score (nSPS) is 33.6. The van der Waals surface area contributed by atoms with Crippen molar-refractivity contribution in [1.82, 2.24) is 0 Å². The van der Waals surface area contributed by atoms with Crippen LogP contribution in [-0.2, 0) is 4.79 Å². The number of hydrogen-bond acceptors (Lipinski definition) is 1. The first-order chi connectivity index (χ1) is 5.66. The monoisotopic (exact) mass is 168 g/mol. The number of aliphatic carboxylic acids is 1. The fourth-order valence-corrected chi connectivity index (χ4v) is 2.90. The van der Waals surface area contributed by atoms with E-state index in [1.807, 2.05) is 6.92 Å². The number of carboxylic acids is 1. The lowest BCUT2D eigenvalue weighted by Gasteiger charge is -2.21. The minimum atomic E-state index is -0.604. The molecule has 2 nitrogen and oxygen atoms in total. The average Bonchev–Trinajstić information content (AvgIpc) is 2.62. The third kappa shape index (κ3) is 1.05. The molecule has 0 saturated heterocycles. The number of hydrogen-bond donors (Lipinski definition) is 1. The van der Waals surface area contributed by atoms with Crippen LogP contribution in [0.15, 0.2) is 0 Å². The largest absolute Gasteiger partial charge is 0.481 e. The lowest BCUT2D eigenvalue weighted by Crippen LogP contribution is -2.24. The maximum absolute atomic E-state index is 10.8. The predicted molar refractivity (Wildman–Crippen MR) is 45.8 cm³/mol. The molecule has 2 rings (SSSR count). The van der Waals surface area contributed by atoms with Crippen molar-refractivity contribution in [2.45, 2.75) is 39.0 Å². The Morgan fingerprint density at radius 1 is 1.50 bits per heavy atom. The number of carbonyl (C=O) groups is 1. The molecular formula is C10H16O2. The highest BCUT2D eigenvalue weighted by Gasteiger charge is 2.54. The van der Waals surface area contributed by atoms with Crippen LogP contribution in [0.2, 0.25) is 0 Å². The third-order valence-corrected chi connectivity index (χ3v) is 3.86. The summed E-state index contributed by atoms with van der Waals surface area (Å²) in [4.78, 5) is 10.8. The van der Waals surface area contributed by atoms with Crippen molar-refractivity contribution < 1.29 is 9.90 Å². The number of rotatable bonds is 2. The summed E-state index contributed by atoms with van der Waals surface area (Å²) in [5, 5.41) is 8.90. The van der Waals surface area contributed by atoms with E-state index in [2.05, 4.69) is 0 Å². The molecular weight excluding hydrogens is 152 g/mol. The van der Waals surface area contributed by atoms with Crippen molar-refractivity contribution in [3.05, 3.63) is 0 Å². The van der Waals surface area contributed by atoms with E-state index in [-0.39, 0.29) is 5.92 Å². The van der Waals surface area contributed by atoms with Gasteiger partial charge in [-0.05, 0) is 37.0 Å². The van der Waals surface area contributed by atoms with Crippen LogP contribution >= 0.6 is 0 Å².